The molecule has 6 heteroatoms. The number of hydrogen-bond donors (Lipinski definition) is 1. The molecule has 0 aliphatic carbocycles. The molecule has 0 radical (unpaired) electrons. The van der Waals surface area contributed by atoms with Gasteiger partial charge in [0.2, 0.25) is 0 Å². The predicted octanol–water partition coefficient (Wildman–Crippen LogP) is 4.83. The summed E-state index contributed by atoms with van der Waals surface area (Å²) in [6.45, 7) is 0. The van der Waals surface area contributed by atoms with Crippen molar-refractivity contribution >= 4 is 34.7 Å². The van der Waals surface area contributed by atoms with Crippen LogP contribution in [-0.2, 0) is 16.0 Å². The minimum Gasteiger partial charge on any atom is -0.481 e. The molecule has 0 aliphatic rings. The van der Waals surface area contributed by atoms with Crippen molar-refractivity contribution in [2.75, 3.05) is 0 Å². The maximum Gasteiger partial charge on any atom is 0.311 e. The van der Waals surface area contributed by atoms with Gasteiger partial charge in [-0.1, -0.05) is 54.1 Å². The third-order valence-corrected chi connectivity index (χ3v) is 5.15. The zero-order valence-corrected chi connectivity index (χ0v) is 15.3. The Kier molecular flexibility index (Phi) is 5.81. The van der Waals surface area contributed by atoms with Crippen LogP contribution in [0.5, 0.6) is 0 Å². The molecule has 0 amide bonds. The first-order valence-electron chi connectivity index (χ1n) is 8.02. The first kappa shape index (κ1) is 18.3. The van der Waals surface area contributed by atoms with Crippen LogP contribution in [0.1, 0.15) is 23.6 Å². The van der Waals surface area contributed by atoms with Gasteiger partial charge >= 0.3 is 5.97 Å². The number of carbonyl (C=O) groups is 2. The van der Waals surface area contributed by atoms with Crippen LogP contribution in [0.15, 0.2) is 60.0 Å². The Morgan fingerprint density at radius 2 is 1.77 bits per heavy atom. The van der Waals surface area contributed by atoms with Gasteiger partial charge in [-0.25, -0.2) is 4.98 Å². The Balaban J connectivity index is 1.68. The second kappa shape index (κ2) is 8.25. The molecule has 0 saturated heterocycles. The summed E-state index contributed by atoms with van der Waals surface area (Å²) in [5.41, 5.74) is 2.22. The van der Waals surface area contributed by atoms with Crippen molar-refractivity contribution in [3.8, 4) is 10.6 Å². The van der Waals surface area contributed by atoms with E-state index in [9.17, 15) is 14.7 Å². The number of halogens is 1. The fourth-order valence-corrected chi connectivity index (χ4v) is 3.60. The number of carbonyl (C=O) groups excluding carboxylic acids is 1. The van der Waals surface area contributed by atoms with Gasteiger partial charge in [-0.2, -0.15) is 0 Å². The lowest BCUT2D eigenvalue weighted by molar-refractivity contribution is -0.140. The van der Waals surface area contributed by atoms with Crippen molar-refractivity contribution in [2.45, 2.75) is 18.8 Å². The molecule has 1 N–H and O–H groups in total. The summed E-state index contributed by atoms with van der Waals surface area (Å²) < 4.78 is 0. The molecule has 0 saturated carbocycles. The van der Waals surface area contributed by atoms with Crippen molar-refractivity contribution in [3.05, 3.63) is 76.3 Å². The summed E-state index contributed by atoms with van der Waals surface area (Å²) in [6.07, 6.45) is 0.0772. The number of rotatable bonds is 7. The van der Waals surface area contributed by atoms with Crippen LogP contribution in [0.4, 0.5) is 0 Å². The minimum absolute atomic E-state index is 0.0485. The number of aliphatic carboxylic acids is 1. The number of hydrogen-bond acceptors (Lipinski definition) is 4. The van der Waals surface area contributed by atoms with Gasteiger partial charge in [0.1, 0.15) is 10.8 Å². The summed E-state index contributed by atoms with van der Waals surface area (Å²) in [5, 5.41) is 12.7. The number of ketones is 1. The highest BCUT2D eigenvalue weighted by Gasteiger charge is 2.23. The van der Waals surface area contributed by atoms with Crippen molar-refractivity contribution < 1.29 is 14.7 Å². The molecule has 0 fully saturated rings. The lowest BCUT2D eigenvalue weighted by Gasteiger charge is -2.11. The third-order valence-electron chi connectivity index (χ3n) is 3.95. The number of Topliss-reactive ketones (excluding diaryl/α,β-unsaturated/α-hetero) is 1. The monoisotopic (exact) mass is 385 g/mol. The van der Waals surface area contributed by atoms with Gasteiger partial charge in [-0.05, 0) is 17.7 Å². The van der Waals surface area contributed by atoms with Gasteiger partial charge in [-0.3, -0.25) is 9.59 Å². The predicted molar refractivity (Wildman–Crippen MR) is 103 cm³/mol. The SMILES string of the molecule is O=C(Cc1csc(-c2ccc(Cl)cc2)n1)C[C@H](C(=O)O)c1ccccc1. The van der Waals surface area contributed by atoms with Crippen LogP contribution in [0.25, 0.3) is 10.6 Å². The maximum absolute atomic E-state index is 12.4. The Labute approximate surface area is 160 Å². The van der Waals surface area contributed by atoms with Crippen molar-refractivity contribution in [3.63, 3.8) is 0 Å². The largest absolute Gasteiger partial charge is 0.481 e. The maximum atomic E-state index is 12.4. The highest BCUT2D eigenvalue weighted by Crippen LogP contribution is 2.26. The molecule has 1 aromatic heterocycles. The average Bonchev–Trinajstić information content (AvgIpc) is 3.09. The van der Waals surface area contributed by atoms with Gasteiger partial charge in [0, 0.05) is 28.8 Å². The molecule has 1 atom stereocenters. The standard InChI is InChI=1S/C20H16ClNO3S/c21-15-8-6-14(7-9-15)19-22-16(12-26-19)10-17(23)11-18(20(24)25)13-4-2-1-3-5-13/h1-9,12,18H,10-11H2,(H,24,25)/t18-/m0/s1. The first-order chi connectivity index (χ1) is 12.5. The number of carboxylic acids is 1. The highest BCUT2D eigenvalue weighted by molar-refractivity contribution is 7.13. The van der Waals surface area contributed by atoms with Gasteiger partial charge in [0.15, 0.2) is 0 Å². The highest BCUT2D eigenvalue weighted by atomic mass is 35.5. The van der Waals surface area contributed by atoms with Crippen molar-refractivity contribution in [1.82, 2.24) is 4.98 Å². The molecular weight excluding hydrogens is 370 g/mol. The summed E-state index contributed by atoms with van der Waals surface area (Å²) in [4.78, 5) is 28.4. The van der Waals surface area contributed by atoms with E-state index < -0.39 is 11.9 Å². The molecule has 3 rings (SSSR count). The lowest BCUT2D eigenvalue weighted by Crippen LogP contribution is -2.17. The van der Waals surface area contributed by atoms with Gasteiger partial charge in [0.05, 0.1) is 11.6 Å². The zero-order valence-electron chi connectivity index (χ0n) is 13.8. The Hall–Kier alpha value is -2.50. The zero-order chi connectivity index (χ0) is 18.5. The normalized spacial score (nSPS) is 11.9. The number of nitrogens with zero attached hydrogens (tertiary/aromatic N) is 1. The fourth-order valence-electron chi connectivity index (χ4n) is 2.65. The lowest BCUT2D eigenvalue weighted by atomic mass is 9.93. The molecule has 3 aromatic rings. The van der Waals surface area contributed by atoms with Crippen molar-refractivity contribution in [1.29, 1.82) is 0 Å². The van der Waals surface area contributed by atoms with Gasteiger partial charge < -0.3 is 5.11 Å². The smallest absolute Gasteiger partial charge is 0.311 e. The molecule has 0 unspecified atom stereocenters. The van der Waals surface area contributed by atoms with E-state index in [4.69, 9.17) is 11.6 Å². The fraction of sp³-hybridized carbons (Fsp3) is 0.150. The molecular formula is C20H16ClNO3S. The quantitative estimate of drug-likeness (QED) is 0.632. The molecule has 4 nitrogen and oxygen atoms in total. The molecule has 0 spiro atoms. The van der Waals surface area contributed by atoms with Crippen LogP contribution < -0.4 is 0 Å². The number of benzene rings is 2. The van der Waals surface area contributed by atoms with E-state index in [1.807, 2.05) is 23.6 Å². The average molecular weight is 386 g/mol. The van der Waals surface area contributed by atoms with E-state index in [1.165, 1.54) is 11.3 Å². The van der Waals surface area contributed by atoms with Crippen LogP contribution in [0.2, 0.25) is 5.02 Å². The number of aromatic nitrogens is 1. The van der Waals surface area contributed by atoms with E-state index in [0.717, 1.165) is 10.6 Å². The van der Waals surface area contributed by atoms with E-state index in [2.05, 4.69) is 4.98 Å². The van der Waals surface area contributed by atoms with Crippen LogP contribution in [-0.4, -0.2) is 21.8 Å². The first-order valence-corrected chi connectivity index (χ1v) is 9.28. The summed E-state index contributed by atoms with van der Waals surface area (Å²) in [6, 6.07) is 16.2. The van der Waals surface area contributed by atoms with Crippen LogP contribution in [0, 0.1) is 0 Å². The Morgan fingerprint density at radius 3 is 2.42 bits per heavy atom. The Bertz CT molecular complexity index is 906. The third kappa shape index (κ3) is 4.56. The minimum atomic E-state index is -0.996. The van der Waals surface area contributed by atoms with Gasteiger partial charge in [0.25, 0.3) is 0 Å². The van der Waals surface area contributed by atoms with Crippen LogP contribution >= 0.6 is 22.9 Å². The summed E-state index contributed by atoms with van der Waals surface area (Å²) in [7, 11) is 0. The van der Waals surface area contributed by atoms with E-state index >= 15 is 0 Å². The summed E-state index contributed by atoms with van der Waals surface area (Å²) >= 11 is 7.34. The molecule has 0 bridgehead atoms. The van der Waals surface area contributed by atoms with E-state index in [0.29, 0.717) is 16.3 Å². The van der Waals surface area contributed by atoms with Crippen LogP contribution in [0.3, 0.4) is 0 Å². The number of carboxylic acid groups (broad SMARTS) is 1. The molecule has 132 valence electrons. The van der Waals surface area contributed by atoms with Gasteiger partial charge in [-0.15, -0.1) is 11.3 Å². The van der Waals surface area contributed by atoms with Crippen molar-refractivity contribution in [2.24, 2.45) is 0 Å². The van der Waals surface area contributed by atoms with E-state index in [1.54, 1.807) is 36.4 Å². The second-order valence-corrected chi connectivity index (χ2v) is 7.17. The topological polar surface area (TPSA) is 67.3 Å². The molecule has 2 aromatic carbocycles. The number of thiazole rings is 1. The summed E-state index contributed by atoms with van der Waals surface area (Å²) in [5.74, 6) is -1.98. The molecule has 1 heterocycles. The van der Waals surface area contributed by atoms with E-state index in [-0.39, 0.29) is 18.6 Å². The molecule has 0 aliphatic heterocycles. The Morgan fingerprint density at radius 1 is 1.08 bits per heavy atom. The molecule has 26 heavy (non-hydrogen) atoms. The second-order valence-electron chi connectivity index (χ2n) is 5.87.